The Morgan fingerprint density at radius 3 is 2.12 bits per heavy atom. The highest BCUT2D eigenvalue weighted by molar-refractivity contribution is 6.90. The number of nitrogens with zero attached hydrogens (tertiary/aromatic N) is 2. The molecule has 2 aromatic rings. The molecule has 25 heavy (non-hydrogen) atoms. The van der Waals surface area contributed by atoms with Crippen LogP contribution in [0, 0.1) is 22.8 Å². The minimum absolute atomic E-state index is 0.449. The number of nitriles is 1. The Labute approximate surface area is 157 Å². The van der Waals surface area contributed by atoms with Crippen LogP contribution in [0.2, 0.25) is 21.8 Å². The molecular formula is C21H25ClN2Si. The average molecular weight is 369 g/mol. The van der Waals surface area contributed by atoms with Crippen LogP contribution in [0.5, 0.6) is 0 Å². The van der Waals surface area contributed by atoms with E-state index in [4.69, 9.17) is 11.6 Å². The number of hydrogen-bond donors (Lipinski definition) is 0. The highest BCUT2D eigenvalue weighted by Gasteiger charge is 2.41. The molecule has 0 saturated carbocycles. The van der Waals surface area contributed by atoms with E-state index >= 15 is 0 Å². The van der Waals surface area contributed by atoms with Crippen molar-refractivity contribution in [2.75, 3.05) is 0 Å². The van der Waals surface area contributed by atoms with E-state index < -0.39 is 8.07 Å². The van der Waals surface area contributed by atoms with Gasteiger partial charge in [0.25, 0.3) is 0 Å². The normalized spacial score (nSPS) is 11.7. The smallest absolute Gasteiger partial charge is 0.146 e. The van der Waals surface area contributed by atoms with Gasteiger partial charge in [0.05, 0.1) is 5.56 Å². The summed E-state index contributed by atoms with van der Waals surface area (Å²) in [6.45, 7) is 13.7. The van der Waals surface area contributed by atoms with Crippen LogP contribution in [0.1, 0.15) is 52.7 Å². The molecule has 1 aromatic heterocycles. The number of aromatic nitrogens is 1. The molecule has 0 aliphatic heterocycles. The van der Waals surface area contributed by atoms with E-state index in [9.17, 15) is 5.26 Å². The van der Waals surface area contributed by atoms with Crippen LogP contribution in [0.15, 0.2) is 24.4 Å². The SMILES string of the molecule is CC(C)[Si](C#Cc1cc2c(Cl)nccc2cc1C#N)(C(C)C)C(C)C. The molecule has 2 nitrogen and oxygen atoms in total. The molecule has 0 saturated heterocycles. The lowest BCUT2D eigenvalue weighted by atomic mass is 10.0. The summed E-state index contributed by atoms with van der Waals surface area (Å²) in [6.07, 6.45) is 1.66. The van der Waals surface area contributed by atoms with Crippen molar-refractivity contribution >= 4 is 30.4 Å². The number of hydrogen-bond acceptors (Lipinski definition) is 2. The zero-order valence-electron chi connectivity index (χ0n) is 15.8. The zero-order valence-corrected chi connectivity index (χ0v) is 17.6. The lowest BCUT2D eigenvalue weighted by Crippen LogP contribution is -2.43. The lowest BCUT2D eigenvalue weighted by molar-refractivity contribution is 0.838. The Hall–Kier alpha value is -1.81. The van der Waals surface area contributed by atoms with Crippen LogP contribution >= 0.6 is 11.6 Å². The highest BCUT2D eigenvalue weighted by atomic mass is 35.5. The number of halogens is 1. The van der Waals surface area contributed by atoms with E-state index in [2.05, 4.69) is 64.1 Å². The molecule has 1 aromatic carbocycles. The van der Waals surface area contributed by atoms with Gasteiger partial charge in [-0.05, 0) is 40.2 Å². The zero-order chi connectivity index (χ0) is 18.8. The van der Waals surface area contributed by atoms with Gasteiger partial charge in [-0.25, -0.2) is 4.98 Å². The van der Waals surface area contributed by atoms with Crippen molar-refractivity contribution in [1.29, 1.82) is 5.26 Å². The largest absolute Gasteiger partial charge is 0.244 e. The number of benzene rings is 1. The molecule has 0 bridgehead atoms. The van der Waals surface area contributed by atoms with Gasteiger partial charge in [-0.2, -0.15) is 5.26 Å². The Balaban J connectivity index is 2.69. The molecule has 130 valence electrons. The summed E-state index contributed by atoms with van der Waals surface area (Å²) in [5.74, 6) is 3.37. The third-order valence-electron chi connectivity index (χ3n) is 5.25. The van der Waals surface area contributed by atoms with Gasteiger partial charge in [-0.3, -0.25) is 0 Å². The highest BCUT2D eigenvalue weighted by Crippen LogP contribution is 2.40. The summed E-state index contributed by atoms with van der Waals surface area (Å²) in [5.41, 5.74) is 6.69. The molecule has 0 amide bonds. The fourth-order valence-corrected chi connectivity index (χ4v) is 9.43. The third-order valence-corrected chi connectivity index (χ3v) is 11.8. The monoisotopic (exact) mass is 368 g/mol. The van der Waals surface area contributed by atoms with E-state index in [1.54, 1.807) is 6.20 Å². The van der Waals surface area contributed by atoms with Crippen molar-refractivity contribution < 1.29 is 0 Å². The summed E-state index contributed by atoms with van der Waals surface area (Å²) in [7, 11) is -1.85. The minimum Gasteiger partial charge on any atom is -0.244 e. The average Bonchev–Trinajstić information content (AvgIpc) is 2.54. The van der Waals surface area contributed by atoms with Crippen LogP contribution in [0.25, 0.3) is 10.8 Å². The topological polar surface area (TPSA) is 36.7 Å². The Kier molecular flexibility index (Phi) is 5.94. The molecule has 0 N–H and O–H groups in total. The van der Waals surface area contributed by atoms with Gasteiger partial charge in [0.1, 0.15) is 19.3 Å². The maximum Gasteiger partial charge on any atom is 0.146 e. The molecule has 0 radical (unpaired) electrons. The molecular weight excluding hydrogens is 344 g/mol. The Bertz CT molecular complexity index is 861. The van der Waals surface area contributed by atoms with Gasteiger partial charge in [-0.1, -0.05) is 59.1 Å². The number of fused-ring (bicyclic) bond motifs is 1. The molecule has 1 heterocycles. The maximum absolute atomic E-state index is 9.55. The molecule has 0 fully saturated rings. The molecule has 0 atom stereocenters. The molecule has 4 heteroatoms. The molecule has 0 aliphatic rings. The van der Waals surface area contributed by atoms with Crippen molar-refractivity contribution in [3.05, 3.63) is 40.7 Å². The first kappa shape index (κ1) is 19.5. The van der Waals surface area contributed by atoms with Gasteiger partial charge < -0.3 is 0 Å². The van der Waals surface area contributed by atoms with Crippen LogP contribution < -0.4 is 0 Å². The van der Waals surface area contributed by atoms with E-state index in [1.807, 2.05) is 18.2 Å². The van der Waals surface area contributed by atoms with Crippen molar-refractivity contribution in [3.63, 3.8) is 0 Å². The molecule has 0 aliphatic carbocycles. The van der Waals surface area contributed by atoms with E-state index in [1.165, 1.54) is 0 Å². The van der Waals surface area contributed by atoms with Crippen LogP contribution in [-0.2, 0) is 0 Å². The first-order valence-corrected chi connectivity index (χ1v) is 11.4. The summed E-state index contributed by atoms with van der Waals surface area (Å²) >= 11 is 6.23. The second kappa shape index (κ2) is 7.61. The first-order chi connectivity index (χ1) is 11.7. The Morgan fingerprint density at radius 2 is 1.60 bits per heavy atom. The standard InChI is InChI=1S/C21H25ClN2Si/c1-14(2)25(15(3)4,16(5)6)10-8-17-12-20-18(11-19(17)13-23)7-9-24-21(20)22/h7,9,11-12,14-16H,1-6H3. The summed E-state index contributed by atoms with van der Waals surface area (Å²) in [4.78, 5) is 4.14. The fraction of sp³-hybridized carbons (Fsp3) is 0.429. The predicted octanol–water partition coefficient (Wildman–Crippen LogP) is 6.33. The van der Waals surface area contributed by atoms with Gasteiger partial charge in [0.15, 0.2) is 0 Å². The van der Waals surface area contributed by atoms with Crippen molar-refractivity contribution in [2.45, 2.75) is 58.2 Å². The third kappa shape index (κ3) is 3.59. The Morgan fingerprint density at radius 1 is 1.00 bits per heavy atom. The van der Waals surface area contributed by atoms with Crippen molar-refractivity contribution in [3.8, 4) is 17.5 Å². The van der Waals surface area contributed by atoms with Crippen molar-refractivity contribution in [2.24, 2.45) is 0 Å². The van der Waals surface area contributed by atoms with Crippen LogP contribution in [0.4, 0.5) is 0 Å². The second-order valence-corrected chi connectivity index (χ2v) is 13.4. The fourth-order valence-electron chi connectivity index (χ4n) is 3.99. The minimum atomic E-state index is -1.85. The predicted molar refractivity (Wildman–Crippen MR) is 109 cm³/mol. The summed E-state index contributed by atoms with van der Waals surface area (Å²) < 4.78 is 0. The first-order valence-electron chi connectivity index (χ1n) is 8.75. The summed E-state index contributed by atoms with van der Waals surface area (Å²) in [5, 5.41) is 11.8. The van der Waals surface area contributed by atoms with Gasteiger partial charge >= 0.3 is 0 Å². The van der Waals surface area contributed by atoms with Crippen LogP contribution in [-0.4, -0.2) is 13.1 Å². The molecule has 0 unspecified atom stereocenters. The maximum atomic E-state index is 9.55. The molecule has 0 spiro atoms. The summed E-state index contributed by atoms with van der Waals surface area (Å²) in [6, 6.07) is 7.92. The lowest BCUT2D eigenvalue weighted by Gasteiger charge is -2.38. The molecule has 2 rings (SSSR count). The number of pyridine rings is 1. The second-order valence-electron chi connectivity index (χ2n) is 7.48. The van der Waals surface area contributed by atoms with E-state index in [0.717, 1.165) is 16.3 Å². The van der Waals surface area contributed by atoms with Gasteiger partial charge in [0, 0.05) is 17.1 Å². The van der Waals surface area contributed by atoms with Crippen LogP contribution in [0.3, 0.4) is 0 Å². The van der Waals surface area contributed by atoms with Gasteiger partial charge in [0.2, 0.25) is 0 Å². The quantitative estimate of drug-likeness (QED) is 0.360. The van der Waals surface area contributed by atoms with Crippen molar-refractivity contribution in [1.82, 2.24) is 4.98 Å². The van der Waals surface area contributed by atoms with E-state index in [-0.39, 0.29) is 0 Å². The van der Waals surface area contributed by atoms with Gasteiger partial charge in [-0.15, -0.1) is 5.54 Å². The number of rotatable bonds is 3. The van der Waals surface area contributed by atoms with E-state index in [0.29, 0.717) is 27.3 Å².